The second-order valence-electron chi connectivity index (χ2n) is 5.72. The standard InChI is InChI=1S/C17H19NO2S/c1-14-8-10-16(11-9-14)21(19,20)18-17(12-5-13-17)15-6-3-2-4-7-15/h2-4,6-11,18H,5,12-13H2,1H3. The second-order valence-corrected chi connectivity index (χ2v) is 7.40. The van der Waals surface area contributed by atoms with Crippen LogP contribution in [0.5, 0.6) is 0 Å². The lowest BCUT2D eigenvalue weighted by atomic mass is 9.73. The number of nitrogens with one attached hydrogen (secondary N) is 1. The molecule has 2 aromatic rings. The van der Waals surface area contributed by atoms with Gasteiger partial charge in [0.05, 0.1) is 10.4 Å². The first-order valence-electron chi connectivity index (χ1n) is 7.18. The Morgan fingerprint density at radius 1 is 0.952 bits per heavy atom. The minimum Gasteiger partial charge on any atom is -0.207 e. The summed E-state index contributed by atoms with van der Waals surface area (Å²) in [5.74, 6) is 0. The van der Waals surface area contributed by atoms with Crippen LogP contribution in [0.3, 0.4) is 0 Å². The van der Waals surface area contributed by atoms with E-state index in [9.17, 15) is 8.42 Å². The third kappa shape index (κ3) is 2.74. The predicted molar refractivity (Wildman–Crippen MR) is 83.5 cm³/mol. The van der Waals surface area contributed by atoms with Gasteiger partial charge in [-0.3, -0.25) is 0 Å². The molecular weight excluding hydrogens is 282 g/mol. The van der Waals surface area contributed by atoms with E-state index in [1.807, 2.05) is 49.4 Å². The fourth-order valence-electron chi connectivity index (χ4n) is 2.77. The molecule has 0 atom stereocenters. The van der Waals surface area contributed by atoms with Gasteiger partial charge in [-0.05, 0) is 43.9 Å². The van der Waals surface area contributed by atoms with Gasteiger partial charge >= 0.3 is 0 Å². The Balaban J connectivity index is 1.92. The van der Waals surface area contributed by atoms with Gasteiger partial charge in [-0.15, -0.1) is 0 Å². The molecule has 0 saturated heterocycles. The number of hydrogen-bond acceptors (Lipinski definition) is 2. The topological polar surface area (TPSA) is 46.2 Å². The molecule has 1 N–H and O–H groups in total. The summed E-state index contributed by atoms with van der Waals surface area (Å²) in [6, 6.07) is 16.8. The average Bonchev–Trinajstić information content (AvgIpc) is 2.44. The van der Waals surface area contributed by atoms with E-state index in [-0.39, 0.29) is 0 Å². The Bertz CT molecular complexity index is 717. The van der Waals surface area contributed by atoms with Gasteiger partial charge in [0.25, 0.3) is 0 Å². The number of sulfonamides is 1. The molecule has 1 aliphatic rings. The summed E-state index contributed by atoms with van der Waals surface area (Å²) < 4.78 is 28.2. The van der Waals surface area contributed by atoms with Crippen molar-refractivity contribution in [1.82, 2.24) is 4.72 Å². The van der Waals surface area contributed by atoms with Crippen molar-refractivity contribution < 1.29 is 8.42 Å². The molecule has 4 heteroatoms. The first-order valence-corrected chi connectivity index (χ1v) is 8.66. The zero-order valence-corrected chi connectivity index (χ0v) is 12.9. The van der Waals surface area contributed by atoms with Crippen LogP contribution in [0.2, 0.25) is 0 Å². The van der Waals surface area contributed by atoms with Gasteiger partial charge in [0.1, 0.15) is 0 Å². The average molecular weight is 301 g/mol. The van der Waals surface area contributed by atoms with Crippen LogP contribution in [0.25, 0.3) is 0 Å². The summed E-state index contributed by atoms with van der Waals surface area (Å²) in [5, 5.41) is 0. The first-order chi connectivity index (χ1) is 10.0. The van der Waals surface area contributed by atoms with E-state index in [0.717, 1.165) is 30.4 Å². The van der Waals surface area contributed by atoms with E-state index < -0.39 is 15.6 Å². The van der Waals surface area contributed by atoms with E-state index in [4.69, 9.17) is 0 Å². The first kappa shape index (κ1) is 14.3. The highest BCUT2D eigenvalue weighted by Crippen LogP contribution is 2.42. The molecule has 1 saturated carbocycles. The van der Waals surface area contributed by atoms with E-state index in [2.05, 4.69) is 4.72 Å². The molecule has 0 aliphatic heterocycles. The highest BCUT2D eigenvalue weighted by Gasteiger charge is 2.42. The van der Waals surface area contributed by atoms with Crippen molar-refractivity contribution >= 4 is 10.0 Å². The van der Waals surface area contributed by atoms with E-state index in [1.54, 1.807) is 12.1 Å². The smallest absolute Gasteiger partial charge is 0.207 e. The van der Waals surface area contributed by atoms with Gasteiger partial charge in [0, 0.05) is 0 Å². The van der Waals surface area contributed by atoms with Gasteiger partial charge in [0.15, 0.2) is 0 Å². The van der Waals surface area contributed by atoms with Crippen molar-refractivity contribution in [2.75, 3.05) is 0 Å². The summed E-state index contributed by atoms with van der Waals surface area (Å²) in [6.07, 6.45) is 2.75. The van der Waals surface area contributed by atoms with Crippen LogP contribution in [-0.2, 0) is 15.6 Å². The van der Waals surface area contributed by atoms with Gasteiger partial charge in [-0.2, -0.15) is 0 Å². The van der Waals surface area contributed by atoms with Crippen molar-refractivity contribution in [3.63, 3.8) is 0 Å². The Labute approximate surface area is 126 Å². The Morgan fingerprint density at radius 3 is 2.10 bits per heavy atom. The molecule has 0 radical (unpaired) electrons. The predicted octanol–water partition coefficient (Wildman–Crippen LogP) is 3.35. The molecule has 0 aromatic heterocycles. The molecule has 110 valence electrons. The molecule has 0 spiro atoms. The van der Waals surface area contributed by atoms with Crippen LogP contribution in [0.1, 0.15) is 30.4 Å². The van der Waals surface area contributed by atoms with E-state index in [0.29, 0.717) is 4.90 Å². The van der Waals surface area contributed by atoms with Crippen LogP contribution in [0.4, 0.5) is 0 Å². The molecule has 0 amide bonds. The summed E-state index contributed by atoms with van der Waals surface area (Å²) >= 11 is 0. The van der Waals surface area contributed by atoms with E-state index >= 15 is 0 Å². The zero-order chi connectivity index (χ0) is 14.9. The maximum atomic E-state index is 12.6. The number of rotatable bonds is 4. The van der Waals surface area contributed by atoms with Crippen LogP contribution in [0.15, 0.2) is 59.5 Å². The Hall–Kier alpha value is -1.65. The second kappa shape index (κ2) is 5.28. The number of hydrogen-bond donors (Lipinski definition) is 1. The van der Waals surface area contributed by atoms with Crippen LogP contribution in [-0.4, -0.2) is 8.42 Å². The van der Waals surface area contributed by atoms with E-state index in [1.165, 1.54) is 0 Å². The highest BCUT2D eigenvalue weighted by atomic mass is 32.2. The lowest BCUT2D eigenvalue weighted by Gasteiger charge is -2.42. The molecule has 2 aromatic carbocycles. The van der Waals surface area contributed by atoms with Crippen LogP contribution < -0.4 is 4.72 Å². The van der Waals surface area contributed by atoms with Crippen LogP contribution >= 0.6 is 0 Å². The fraction of sp³-hybridized carbons (Fsp3) is 0.294. The summed E-state index contributed by atoms with van der Waals surface area (Å²) in [4.78, 5) is 0.329. The van der Waals surface area contributed by atoms with Crippen LogP contribution in [0, 0.1) is 6.92 Å². The molecule has 3 rings (SSSR count). The summed E-state index contributed by atoms with van der Waals surface area (Å²) in [6.45, 7) is 1.95. The molecule has 0 bridgehead atoms. The normalized spacial score (nSPS) is 17.2. The lowest BCUT2D eigenvalue weighted by molar-refractivity contribution is 0.224. The van der Waals surface area contributed by atoms with Crippen molar-refractivity contribution in [3.8, 4) is 0 Å². The monoisotopic (exact) mass is 301 g/mol. The Morgan fingerprint density at radius 2 is 1.57 bits per heavy atom. The third-order valence-corrected chi connectivity index (χ3v) is 5.75. The Kier molecular flexibility index (Phi) is 3.59. The third-order valence-electron chi connectivity index (χ3n) is 4.19. The number of benzene rings is 2. The fourth-order valence-corrected chi connectivity index (χ4v) is 4.22. The molecule has 0 heterocycles. The molecule has 0 unspecified atom stereocenters. The van der Waals surface area contributed by atoms with Crippen molar-refractivity contribution in [3.05, 3.63) is 65.7 Å². The quantitative estimate of drug-likeness (QED) is 0.941. The lowest BCUT2D eigenvalue weighted by Crippen LogP contribution is -2.50. The summed E-state index contributed by atoms with van der Waals surface area (Å²) in [7, 11) is -3.49. The zero-order valence-electron chi connectivity index (χ0n) is 12.0. The molecule has 3 nitrogen and oxygen atoms in total. The molecule has 21 heavy (non-hydrogen) atoms. The molecule has 1 aliphatic carbocycles. The van der Waals surface area contributed by atoms with Crippen molar-refractivity contribution in [2.24, 2.45) is 0 Å². The summed E-state index contributed by atoms with van der Waals surface area (Å²) in [5.41, 5.74) is 1.66. The SMILES string of the molecule is Cc1ccc(S(=O)(=O)NC2(c3ccccc3)CCC2)cc1. The largest absolute Gasteiger partial charge is 0.241 e. The molecule has 1 fully saturated rings. The van der Waals surface area contributed by atoms with Gasteiger partial charge in [-0.25, -0.2) is 13.1 Å². The van der Waals surface area contributed by atoms with Gasteiger partial charge < -0.3 is 0 Å². The highest BCUT2D eigenvalue weighted by molar-refractivity contribution is 7.89. The van der Waals surface area contributed by atoms with Crippen molar-refractivity contribution in [2.45, 2.75) is 36.6 Å². The maximum Gasteiger partial charge on any atom is 0.241 e. The maximum absolute atomic E-state index is 12.6. The van der Waals surface area contributed by atoms with Gasteiger partial charge in [-0.1, -0.05) is 48.0 Å². The van der Waals surface area contributed by atoms with Gasteiger partial charge in [0.2, 0.25) is 10.0 Å². The molecular formula is C17H19NO2S. The minimum absolute atomic E-state index is 0.329. The minimum atomic E-state index is -3.49. The van der Waals surface area contributed by atoms with Crippen molar-refractivity contribution in [1.29, 1.82) is 0 Å². The number of aryl methyl sites for hydroxylation is 1.